The van der Waals surface area contributed by atoms with Gasteiger partial charge in [-0.15, -0.1) is 0 Å². The minimum Gasteiger partial charge on any atom is -2.00 e. The molecule has 88 valence electrons. The van der Waals surface area contributed by atoms with E-state index in [4.69, 9.17) is 0 Å². The van der Waals surface area contributed by atoms with Crippen molar-refractivity contribution in [2.45, 2.75) is 0 Å². The van der Waals surface area contributed by atoms with Gasteiger partial charge >= 0.3 is 78.6 Å². The Balaban J connectivity index is 0. The molecule has 0 aliphatic carbocycles. The van der Waals surface area contributed by atoms with Crippen molar-refractivity contribution in [2.75, 3.05) is 0 Å². The molecule has 14 heavy (non-hydrogen) atoms. The predicted octanol–water partition coefficient (Wildman–Crippen LogP) is -14.9. The van der Waals surface area contributed by atoms with Crippen molar-refractivity contribution >= 4 is 0 Å². The van der Waals surface area contributed by atoms with Crippen LogP contribution >= 0.6 is 0 Å². The van der Waals surface area contributed by atoms with E-state index in [-0.39, 0.29) is 167 Å². The van der Waals surface area contributed by atoms with Crippen LogP contribution in [0.5, 0.6) is 0 Å². The summed E-state index contributed by atoms with van der Waals surface area (Å²) in [6.45, 7) is 0. The van der Waals surface area contributed by atoms with Crippen molar-refractivity contribution in [3.8, 4) is 0 Å². The first-order valence-corrected chi connectivity index (χ1v) is 0. The first kappa shape index (κ1) is 384. The molecule has 0 spiro atoms. The third-order valence-electron chi connectivity index (χ3n) is 0. The molecule has 0 amide bonds. The summed E-state index contributed by atoms with van der Waals surface area (Å²) in [4.78, 5) is 0. The summed E-state index contributed by atoms with van der Waals surface area (Å²) in [5.74, 6) is 0. The monoisotopic (exact) mass is 528 g/mol. The van der Waals surface area contributed by atoms with E-state index in [9.17, 15) is 0 Å². The van der Waals surface area contributed by atoms with Gasteiger partial charge in [-0.25, -0.2) is 0 Å². The summed E-state index contributed by atoms with van der Waals surface area (Å²) in [6.07, 6.45) is 0. The Labute approximate surface area is 164 Å². The van der Waals surface area contributed by atoms with Crippen LogP contribution in [0.2, 0.25) is 0 Å². The molecule has 0 saturated carbocycles. The smallest absolute Gasteiger partial charge is 2.00 e. The molecule has 0 aromatic carbocycles. The molecule has 0 aliphatic heterocycles. The summed E-state index contributed by atoms with van der Waals surface area (Å²) in [5.41, 5.74) is 0. The average molecular weight is 534 g/mol. The summed E-state index contributed by atoms with van der Waals surface area (Å²) in [7, 11) is 0. The van der Waals surface area contributed by atoms with E-state index in [0.717, 1.165) is 0 Å². The van der Waals surface area contributed by atoms with E-state index < -0.39 is 0 Å². The third kappa shape index (κ3) is 263. The van der Waals surface area contributed by atoms with Crippen molar-refractivity contribution in [1.82, 2.24) is 0 Å². The van der Waals surface area contributed by atoms with Crippen LogP contribution in [-0.2, 0) is 101 Å². The second kappa shape index (κ2) is 320. The van der Waals surface area contributed by atoms with Crippen LogP contribution < -0.4 is 49.6 Å². The molecule has 0 atom stereocenters. The van der Waals surface area contributed by atoms with Crippen LogP contribution in [0, 0.1) is 0 Å². The maximum Gasteiger partial charge on any atom is 4.00 e. The molecule has 0 aromatic heterocycles. The quantitative estimate of drug-likeness (QED) is 0.284. The fourth-order valence-electron chi connectivity index (χ4n) is 0. The molecule has 0 rings (SSSR count). The maximum atomic E-state index is 0. The normalized spacial score (nSPS) is 0. The first-order valence-electron chi connectivity index (χ1n) is 0. The summed E-state index contributed by atoms with van der Waals surface area (Å²) in [5, 5.41) is 0. The van der Waals surface area contributed by atoms with Crippen molar-refractivity contribution in [1.29, 1.82) is 0 Å². The van der Waals surface area contributed by atoms with Crippen molar-refractivity contribution in [3.05, 3.63) is 0 Å². The van der Waals surface area contributed by atoms with E-state index in [0.29, 0.717) is 0 Å². The van der Waals surface area contributed by atoms with Gasteiger partial charge in [-0.1, -0.05) is 0 Å². The van der Waals surface area contributed by atoms with Crippen LogP contribution in [0.25, 0.3) is 0 Å². The Morgan fingerprint density at radius 3 is 0.286 bits per heavy atom. The first-order chi connectivity index (χ1) is 0. The van der Waals surface area contributed by atoms with Crippen molar-refractivity contribution < 1.29 is 167 Å². The SMILES string of the molecule is O.O.O.[Cl-].[Cl-].[Cl-].[Cl-].[O-2].[O-2].[O-2].[O-2].[Zr+4].[Zr+4].[Zr+4]. The summed E-state index contributed by atoms with van der Waals surface area (Å²) < 4.78 is 0. The molecule has 0 saturated heterocycles. The summed E-state index contributed by atoms with van der Waals surface area (Å²) in [6, 6.07) is 0. The van der Waals surface area contributed by atoms with E-state index in [1.807, 2.05) is 0 Å². The van der Waals surface area contributed by atoms with E-state index in [2.05, 4.69) is 0 Å². The van der Waals surface area contributed by atoms with Crippen LogP contribution in [0.4, 0.5) is 0 Å². The Morgan fingerprint density at radius 1 is 0.286 bits per heavy atom. The second-order valence-corrected chi connectivity index (χ2v) is 0. The molecule has 7 nitrogen and oxygen atoms in total. The molecule has 0 heterocycles. The zero-order chi connectivity index (χ0) is 0. The molecule has 0 unspecified atom stereocenters. The summed E-state index contributed by atoms with van der Waals surface area (Å²) >= 11 is 0. The van der Waals surface area contributed by atoms with E-state index >= 15 is 0 Å². The molecule has 0 aromatic rings. The molecule has 0 radical (unpaired) electrons. The molecule has 6 N–H and O–H groups in total. The van der Waals surface area contributed by atoms with Gasteiger partial charge in [-0.2, -0.15) is 0 Å². The van der Waals surface area contributed by atoms with Crippen LogP contribution in [0.1, 0.15) is 0 Å². The van der Waals surface area contributed by atoms with Crippen molar-refractivity contribution in [2.24, 2.45) is 0 Å². The van der Waals surface area contributed by atoms with Crippen LogP contribution in [-0.4, -0.2) is 16.4 Å². The van der Waals surface area contributed by atoms with Gasteiger partial charge in [0.2, 0.25) is 0 Å². The van der Waals surface area contributed by atoms with Gasteiger partial charge < -0.3 is 88.0 Å². The zero-order valence-electron chi connectivity index (χ0n) is 6.14. The Kier molecular flexibility index (Phi) is 8790. The number of halogens is 4. The second-order valence-electron chi connectivity index (χ2n) is 0. The molecule has 0 bridgehead atoms. The van der Waals surface area contributed by atoms with Gasteiger partial charge in [-0.3, -0.25) is 0 Å². The standard InChI is InChI=1S/4ClH.3H2O.4O.3Zr/h4*1H;3*1H2;;;;;;;/q;;;;;;;4*-2;3*+4/p-4. The number of rotatable bonds is 0. The zero-order valence-corrected chi connectivity index (χ0v) is 16.5. The number of hydrogen-bond donors (Lipinski definition) is 0. The Hall–Kier alpha value is 3.53. The molecular formula is H6Cl4O7Zr3. The third-order valence-corrected chi connectivity index (χ3v) is 0. The maximum absolute atomic E-state index is 0. The van der Waals surface area contributed by atoms with Gasteiger partial charge in [-0.05, 0) is 0 Å². The topological polar surface area (TPSA) is 208 Å². The number of hydrogen-bond acceptors (Lipinski definition) is 0. The Morgan fingerprint density at radius 2 is 0.286 bits per heavy atom. The predicted molar refractivity (Wildman–Crippen MR) is 13.6 cm³/mol. The molecule has 0 fully saturated rings. The largest absolute Gasteiger partial charge is 4.00 e. The van der Waals surface area contributed by atoms with Crippen LogP contribution in [0.3, 0.4) is 0 Å². The van der Waals surface area contributed by atoms with Gasteiger partial charge in [0.1, 0.15) is 0 Å². The fraction of sp³-hybridized carbons (Fsp3) is 0. The minimum absolute atomic E-state index is 0. The molecule has 0 aliphatic rings. The van der Waals surface area contributed by atoms with Crippen LogP contribution in [0.15, 0.2) is 0 Å². The van der Waals surface area contributed by atoms with Gasteiger partial charge in [0.25, 0.3) is 0 Å². The van der Waals surface area contributed by atoms with E-state index in [1.54, 1.807) is 0 Å². The van der Waals surface area contributed by atoms with Gasteiger partial charge in [0, 0.05) is 0 Å². The average Bonchev–Trinajstić information content (AvgIpc) is 0. The van der Waals surface area contributed by atoms with Gasteiger partial charge in [0.05, 0.1) is 0 Å². The van der Waals surface area contributed by atoms with E-state index in [1.165, 1.54) is 0 Å². The van der Waals surface area contributed by atoms with Crippen molar-refractivity contribution in [3.63, 3.8) is 0 Å². The minimum atomic E-state index is 0. The van der Waals surface area contributed by atoms with Gasteiger partial charge in [0.15, 0.2) is 0 Å². The Bertz CT molecular complexity index is 20.9. The fourth-order valence-corrected chi connectivity index (χ4v) is 0. The molecular weight excluding hydrogens is 527 g/mol. The molecule has 14 heteroatoms.